The van der Waals surface area contributed by atoms with Crippen LogP contribution in [0.2, 0.25) is 0 Å². The van der Waals surface area contributed by atoms with Crippen LogP contribution in [-0.4, -0.2) is 66.5 Å². The van der Waals surface area contributed by atoms with E-state index in [-0.39, 0.29) is 19.3 Å². The van der Waals surface area contributed by atoms with Crippen molar-refractivity contribution in [1.29, 1.82) is 0 Å². The van der Waals surface area contributed by atoms with Gasteiger partial charge < -0.3 is 24.2 Å². The van der Waals surface area contributed by atoms with Gasteiger partial charge in [0.25, 0.3) is 0 Å². The van der Waals surface area contributed by atoms with E-state index in [0.717, 1.165) is 103 Å². The van der Waals surface area contributed by atoms with E-state index in [9.17, 15) is 28.9 Å². The summed E-state index contributed by atoms with van der Waals surface area (Å²) in [4.78, 5) is 48.5. The Morgan fingerprint density at radius 2 is 0.645 bits per heavy atom. The predicted molar refractivity (Wildman–Crippen MR) is 315 cm³/mol. The standard InChI is InChI=1S/C64H97O11P/c1-4-7-10-13-16-19-22-25-28-30-33-36-39-42-45-48-51-54-63(67)74-60(56-65)58-72-76(69,70)73-59-61(57-71-62(66)53-50-47-44-41-38-35-32-27-24-21-18-15-12-9-6-3)75-64(68)55-52-49-46-43-40-37-34-31-29-26-23-20-17-14-11-8-5-2/h7-12,16-21,25-29,32-34,36-38,41-43,45-46,60-61,65H,4-6,13-15,22-24,30-31,35,39-40,44,47-59H2,1-3H3,(H,69,70)/b10-7-,11-8-,12-9-,19-16-,20-17-,21-18-,28-25-,29-26-,32-27-,36-33-,37-34-,41-38-,45-42-,46-43-. The van der Waals surface area contributed by atoms with Crippen molar-refractivity contribution in [1.82, 2.24) is 0 Å². The summed E-state index contributed by atoms with van der Waals surface area (Å²) in [6.07, 6.45) is 74.8. The first-order valence-corrected chi connectivity index (χ1v) is 29.5. The van der Waals surface area contributed by atoms with Crippen molar-refractivity contribution in [2.24, 2.45) is 0 Å². The number of unbranched alkanes of at least 4 members (excludes halogenated alkanes) is 4. The molecule has 3 atom stereocenters. The van der Waals surface area contributed by atoms with Crippen molar-refractivity contribution < 1.29 is 52.2 Å². The van der Waals surface area contributed by atoms with E-state index >= 15 is 0 Å². The molecule has 0 amide bonds. The summed E-state index contributed by atoms with van der Waals surface area (Å²) < 4.78 is 39.3. The molecule has 0 aliphatic heterocycles. The molecule has 76 heavy (non-hydrogen) atoms. The second-order valence-corrected chi connectivity index (χ2v) is 19.1. The van der Waals surface area contributed by atoms with Gasteiger partial charge in [-0.25, -0.2) is 4.57 Å². The molecule has 0 fully saturated rings. The van der Waals surface area contributed by atoms with Gasteiger partial charge in [0.15, 0.2) is 6.10 Å². The molecule has 0 saturated heterocycles. The summed E-state index contributed by atoms with van der Waals surface area (Å²) in [7, 11) is -4.80. The lowest BCUT2D eigenvalue weighted by Gasteiger charge is -2.21. The molecule has 0 aromatic carbocycles. The van der Waals surface area contributed by atoms with E-state index in [0.29, 0.717) is 32.1 Å². The van der Waals surface area contributed by atoms with Gasteiger partial charge in [-0.1, -0.05) is 191 Å². The number of esters is 3. The first kappa shape index (κ1) is 70.8. The van der Waals surface area contributed by atoms with Gasteiger partial charge in [-0.15, -0.1) is 0 Å². The SMILES string of the molecule is CC/C=C\C/C=C\C/C=C\C/C=C\C/C=C\CCCC(=O)OC(CO)COP(=O)(O)OCC(COC(=O)CCCC/C=C\C/C=C\C/C=C\C/C=C\CC)OC(=O)CCC/C=C\C/C=C\C/C=C\C/C=C\C/C=C\CC. The Hall–Kier alpha value is -5.16. The monoisotopic (exact) mass is 1070 g/mol. The Morgan fingerprint density at radius 3 is 0.974 bits per heavy atom. The molecule has 3 unspecified atom stereocenters. The Bertz CT molecular complexity index is 1920. The number of hydrogen-bond donors (Lipinski definition) is 2. The average molecular weight is 1070 g/mol. The second kappa shape index (κ2) is 56.1. The fourth-order valence-corrected chi connectivity index (χ4v) is 7.26. The van der Waals surface area contributed by atoms with Crippen molar-refractivity contribution in [3.05, 3.63) is 170 Å². The molecule has 12 heteroatoms. The fourth-order valence-electron chi connectivity index (χ4n) is 6.47. The molecule has 0 aliphatic rings. The van der Waals surface area contributed by atoms with E-state index in [1.54, 1.807) is 0 Å². The number of carbonyl (C=O) groups excluding carboxylic acids is 3. The summed E-state index contributed by atoms with van der Waals surface area (Å²) in [5.74, 6) is -1.68. The van der Waals surface area contributed by atoms with Gasteiger partial charge in [-0.2, -0.15) is 0 Å². The molecule has 0 heterocycles. The van der Waals surface area contributed by atoms with Crippen LogP contribution in [0.25, 0.3) is 0 Å². The van der Waals surface area contributed by atoms with Crippen molar-refractivity contribution >= 4 is 25.7 Å². The molecular weight excluding hydrogens is 976 g/mol. The number of rotatable bonds is 49. The van der Waals surface area contributed by atoms with Gasteiger partial charge in [0.1, 0.15) is 12.7 Å². The maximum atomic E-state index is 12.9. The molecule has 2 N–H and O–H groups in total. The van der Waals surface area contributed by atoms with Crippen molar-refractivity contribution in [3.63, 3.8) is 0 Å². The van der Waals surface area contributed by atoms with E-state index in [1.165, 1.54) is 0 Å². The minimum absolute atomic E-state index is 0.0647. The van der Waals surface area contributed by atoms with Crippen LogP contribution in [0.3, 0.4) is 0 Å². The highest BCUT2D eigenvalue weighted by molar-refractivity contribution is 7.47. The molecule has 0 aromatic heterocycles. The zero-order chi connectivity index (χ0) is 55.5. The summed E-state index contributed by atoms with van der Waals surface area (Å²) >= 11 is 0. The molecule has 11 nitrogen and oxygen atoms in total. The van der Waals surface area contributed by atoms with Crippen LogP contribution in [0.1, 0.15) is 175 Å². The highest BCUT2D eigenvalue weighted by Crippen LogP contribution is 2.43. The predicted octanol–water partition coefficient (Wildman–Crippen LogP) is 16.7. The third kappa shape index (κ3) is 53.7. The Kier molecular flexibility index (Phi) is 52.2. The van der Waals surface area contributed by atoms with Crippen LogP contribution >= 0.6 is 7.82 Å². The smallest absolute Gasteiger partial charge is 0.462 e. The Morgan fingerprint density at radius 1 is 0.368 bits per heavy atom. The lowest BCUT2D eigenvalue weighted by Crippen LogP contribution is -2.30. The number of phosphoric ester groups is 1. The number of ether oxygens (including phenoxy) is 3. The largest absolute Gasteiger partial charge is 0.472 e. The summed E-state index contributed by atoms with van der Waals surface area (Å²) in [6.45, 7) is 4.08. The zero-order valence-corrected chi connectivity index (χ0v) is 47.5. The number of hydrogen-bond acceptors (Lipinski definition) is 10. The van der Waals surface area contributed by atoms with Crippen molar-refractivity contribution in [2.45, 2.75) is 187 Å². The quantitative estimate of drug-likeness (QED) is 0.0197. The third-order valence-electron chi connectivity index (χ3n) is 10.6. The molecule has 0 aliphatic carbocycles. The van der Waals surface area contributed by atoms with Gasteiger partial charge in [-0.3, -0.25) is 23.4 Å². The van der Waals surface area contributed by atoms with E-state index in [4.69, 9.17) is 23.3 Å². The minimum Gasteiger partial charge on any atom is -0.462 e. The topological polar surface area (TPSA) is 155 Å². The number of allylic oxidation sites excluding steroid dienone is 28. The summed E-state index contributed by atoms with van der Waals surface area (Å²) in [5, 5.41) is 9.81. The minimum atomic E-state index is -4.80. The molecule has 0 saturated carbocycles. The van der Waals surface area contributed by atoms with Gasteiger partial charge in [0.05, 0.1) is 19.8 Å². The van der Waals surface area contributed by atoms with Gasteiger partial charge in [0, 0.05) is 19.3 Å². The van der Waals surface area contributed by atoms with Gasteiger partial charge in [-0.05, 0) is 135 Å². The molecular formula is C64H97O11P. The highest BCUT2D eigenvalue weighted by atomic mass is 31.2. The molecule has 0 radical (unpaired) electrons. The lowest BCUT2D eigenvalue weighted by molar-refractivity contribution is -0.161. The average Bonchev–Trinajstić information content (AvgIpc) is 3.41. The van der Waals surface area contributed by atoms with Crippen LogP contribution in [0.4, 0.5) is 0 Å². The number of aliphatic hydroxyl groups is 1. The van der Waals surface area contributed by atoms with Crippen LogP contribution in [-0.2, 0) is 42.2 Å². The fraction of sp³-hybridized carbons (Fsp3) is 0.516. The molecule has 0 rings (SSSR count). The van der Waals surface area contributed by atoms with E-state index in [2.05, 4.69) is 167 Å². The maximum absolute atomic E-state index is 12.9. The normalized spacial score (nSPS) is 14.6. The first-order valence-electron chi connectivity index (χ1n) is 28.0. The highest BCUT2D eigenvalue weighted by Gasteiger charge is 2.28. The molecule has 0 aromatic rings. The molecule has 0 spiro atoms. The van der Waals surface area contributed by atoms with Crippen LogP contribution in [0.15, 0.2) is 170 Å². The first-order chi connectivity index (χ1) is 37.2. The van der Waals surface area contributed by atoms with Crippen LogP contribution in [0, 0.1) is 0 Å². The van der Waals surface area contributed by atoms with Gasteiger partial charge >= 0.3 is 25.7 Å². The van der Waals surface area contributed by atoms with E-state index < -0.39 is 64.4 Å². The van der Waals surface area contributed by atoms with Crippen LogP contribution < -0.4 is 0 Å². The Balaban J connectivity index is 4.95. The second-order valence-electron chi connectivity index (χ2n) is 17.6. The lowest BCUT2D eigenvalue weighted by atomic mass is 10.2. The summed E-state index contributed by atoms with van der Waals surface area (Å²) in [5.41, 5.74) is 0. The number of carbonyl (C=O) groups is 3. The Labute approximate surface area is 459 Å². The van der Waals surface area contributed by atoms with Crippen molar-refractivity contribution in [2.75, 3.05) is 26.4 Å². The van der Waals surface area contributed by atoms with Gasteiger partial charge in [0.2, 0.25) is 0 Å². The third-order valence-corrected chi connectivity index (χ3v) is 11.6. The van der Waals surface area contributed by atoms with Crippen molar-refractivity contribution in [3.8, 4) is 0 Å². The zero-order valence-electron chi connectivity index (χ0n) is 46.6. The summed E-state index contributed by atoms with van der Waals surface area (Å²) in [6, 6.07) is 0. The van der Waals surface area contributed by atoms with E-state index in [1.807, 2.05) is 24.3 Å². The van der Waals surface area contributed by atoms with Crippen LogP contribution in [0.5, 0.6) is 0 Å². The molecule has 424 valence electrons. The maximum Gasteiger partial charge on any atom is 0.472 e. The molecule has 0 bridgehead atoms. The number of aliphatic hydroxyl groups excluding tert-OH is 1. The number of phosphoric acid groups is 1.